The molecule has 8 nitrogen and oxygen atoms in total. The van der Waals surface area contributed by atoms with Crippen LogP contribution in [0.5, 0.6) is 17.4 Å². The molecule has 0 bridgehead atoms. The maximum absolute atomic E-state index is 13.0. The molecule has 208 valence electrons. The van der Waals surface area contributed by atoms with Crippen molar-refractivity contribution in [2.45, 2.75) is 18.0 Å². The first-order chi connectivity index (χ1) is 18.3. The molecule has 2 aromatic carbocycles. The molecule has 0 aliphatic heterocycles. The number of pyridine rings is 1. The van der Waals surface area contributed by atoms with Gasteiger partial charge in [-0.2, -0.15) is 13.2 Å². The lowest BCUT2D eigenvalue weighted by atomic mass is 10.1. The lowest BCUT2D eigenvalue weighted by Gasteiger charge is -2.14. The zero-order chi connectivity index (χ0) is 28.8. The predicted molar refractivity (Wildman–Crippen MR) is 139 cm³/mol. The quantitative estimate of drug-likeness (QED) is 0.219. The van der Waals surface area contributed by atoms with E-state index >= 15 is 0 Å². The van der Waals surface area contributed by atoms with Crippen molar-refractivity contribution in [3.05, 3.63) is 81.5 Å². The lowest BCUT2D eigenvalue weighted by Crippen LogP contribution is -2.31. The van der Waals surface area contributed by atoms with Crippen molar-refractivity contribution in [2.75, 3.05) is 20.3 Å². The highest BCUT2D eigenvalue weighted by molar-refractivity contribution is 7.90. The predicted octanol–water partition coefficient (Wildman–Crippen LogP) is 6.13. The zero-order valence-electron chi connectivity index (χ0n) is 20.4. The molecule has 0 saturated carbocycles. The summed E-state index contributed by atoms with van der Waals surface area (Å²) >= 11 is 11.8. The minimum atomic E-state index is -4.66. The van der Waals surface area contributed by atoms with Gasteiger partial charge in [-0.25, -0.2) is 18.1 Å². The highest BCUT2D eigenvalue weighted by Crippen LogP contribution is 2.37. The molecule has 1 amide bonds. The maximum Gasteiger partial charge on any atom is 0.417 e. The summed E-state index contributed by atoms with van der Waals surface area (Å²) in [6.07, 6.45) is -2.77. The average Bonchev–Trinajstić information content (AvgIpc) is 2.86. The molecule has 0 aliphatic rings. The topological polar surface area (TPSA) is 104 Å². The molecular formula is C25H21Cl2F3N2O6S. The van der Waals surface area contributed by atoms with Gasteiger partial charge in [-0.15, -0.1) is 0 Å². The van der Waals surface area contributed by atoms with Crippen LogP contribution >= 0.6 is 23.2 Å². The van der Waals surface area contributed by atoms with Crippen LogP contribution in [0.15, 0.2) is 65.2 Å². The summed E-state index contributed by atoms with van der Waals surface area (Å²) in [6, 6.07) is 10.3. The van der Waals surface area contributed by atoms with Crippen LogP contribution in [0, 0.1) is 0 Å². The normalized spacial score (nSPS) is 12.2. The maximum atomic E-state index is 13.0. The fourth-order valence-corrected chi connectivity index (χ4v) is 4.34. The number of hydrogen-bond donors (Lipinski definition) is 1. The van der Waals surface area contributed by atoms with Crippen molar-refractivity contribution < 1.29 is 40.6 Å². The summed E-state index contributed by atoms with van der Waals surface area (Å²) in [6.45, 7) is 1.84. The third-order valence-corrected chi connectivity index (χ3v) is 6.83. The standard InChI is InChI=1S/C25H21Cl2F3N2O6S/c1-15(23(33)32-39(34,35)20-7-4-18(26)5-8-20)11-16-3-6-19(37-10-9-36-2)13-22(16)38-24-21(27)12-17(14-31-24)25(28,29)30/h3-8,11-14H,9-10H2,1-2H3,(H,32,33). The van der Waals surface area contributed by atoms with Crippen molar-refractivity contribution in [3.63, 3.8) is 0 Å². The number of nitrogens with zero attached hydrogens (tertiary/aromatic N) is 1. The number of ether oxygens (including phenoxy) is 3. The number of amides is 1. The number of rotatable bonds is 10. The Bertz CT molecular complexity index is 1480. The van der Waals surface area contributed by atoms with E-state index in [-0.39, 0.29) is 40.9 Å². The van der Waals surface area contributed by atoms with E-state index in [1.54, 1.807) is 6.07 Å². The fraction of sp³-hybridized carbons (Fsp3) is 0.200. The van der Waals surface area contributed by atoms with Crippen molar-refractivity contribution in [2.24, 2.45) is 0 Å². The summed E-state index contributed by atoms with van der Waals surface area (Å²) in [7, 11) is -2.70. The van der Waals surface area contributed by atoms with Gasteiger partial charge in [0.15, 0.2) is 0 Å². The van der Waals surface area contributed by atoms with Crippen LogP contribution < -0.4 is 14.2 Å². The second kappa shape index (κ2) is 12.7. The number of aromatic nitrogens is 1. The Morgan fingerprint density at radius 3 is 2.38 bits per heavy atom. The third-order valence-electron chi connectivity index (χ3n) is 4.96. The largest absolute Gasteiger partial charge is 0.491 e. The lowest BCUT2D eigenvalue weighted by molar-refractivity contribution is -0.137. The molecule has 0 atom stereocenters. The van der Waals surface area contributed by atoms with E-state index in [0.717, 1.165) is 0 Å². The first kappa shape index (κ1) is 30.2. The van der Waals surface area contributed by atoms with Gasteiger partial charge in [-0.3, -0.25) is 4.79 Å². The molecule has 14 heteroatoms. The molecule has 0 unspecified atom stereocenters. The van der Waals surface area contributed by atoms with Crippen molar-refractivity contribution in [1.29, 1.82) is 0 Å². The van der Waals surface area contributed by atoms with Gasteiger partial charge in [0.1, 0.15) is 23.1 Å². The van der Waals surface area contributed by atoms with Crippen LogP contribution in [-0.2, 0) is 25.7 Å². The van der Waals surface area contributed by atoms with E-state index in [1.807, 2.05) is 4.72 Å². The first-order valence-corrected chi connectivity index (χ1v) is 13.2. The molecule has 0 spiro atoms. The van der Waals surface area contributed by atoms with E-state index in [4.69, 9.17) is 37.4 Å². The molecule has 1 N–H and O–H groups in total. The number of methoxy groups -OCH3 is 1. The monoisotopic (exact) mass is 604 g/mol. The Morgan fingerprint density at radius 2 is 1.77 bits per heavy atom. The van der Waals surface area contributed by atoms with Crippen molar-refractivity contribution in [3.8, 4) is 17.4 Å². The Hall–Kier alpha value is -3.32. The van der Waals surface area contributed by atoms with E-state index in [9.17, 15) is 26.4 Å². The van der Waals surface area contributed by atoms with Gasteiger partial charge >= 0.3 is 6.18 Å². The number of halogens is 5. The van der Waals surface area contributed by atoms with Gasteiger partial charge in [-0.1, -0.05) is 23.2 Å². The minimum Gasteiger partial charge on any atom is -0.491 e. The average molecular weight is 605 g/mol. The third kappa shape index (κ3) is 8.33. The molecule has 0 aliphatic carbocycles. The van der Waals surface area contributed by atoms with Crippen LogP contribution in [0.2, 0.25) is 10.0 Å². The van der Waals surface area contributed by atoms with Gasteiger partial charge in [0.2, 0.25) is 5.88 Å². The summed E-state index contributed by atoms with van der Waals surface area (Å²) in [5.74, 6) is -0.927. The second-order valence-electron chi connectivity index (χ2n) is 7.87. The molecule has 3 aromatic rings. The Morgan fingerprint density at radius 1 is 1.08 bits per heavy atom. The second-order valence-corrected chi connectivity index (χ2v) is 10.4. The molecule has 39 heavy (non-hydrogen) atoms. The van der Waals surface area contributed by atoms with Crippen LogP contribution in [0.3, 0.4) is 0 Å². The summed E-state index contributed by atoms with van der Waals surface area (Å²) in [5, 5.41) is -0.0878. The van der Waals surface area contributed by atoms with Gasteiger partial charge in [-0.05, 0) is 55.5 Å². The van der Waals surface area contributed by atoms with Gasteiger partial charge in [0.25, 0.3) is 15.9 Å². The number of benzene rings is 2. The molecule has 0 saturated heterocycles. The Kier molecular flexibility index (Phi) is 9.83. The zero-order valence-corrected chi connectivity index (χ0v) is 22.7. The van der Waals surface area contributed by atoms with Crippen molar-refractivity contribution >= 4 is 45.2 Å². The van der Waals surface area contributed by atoms with E-state index < -0.39 is 32.7 Å². The molecule has 3 rings (SSSR count). The number of alkyl halides is 3. The smallest absolute Gasteiger partial charge is 0.417 e. The highest BCUT2D eigenvalue weighted by atomic mass is 35.5. The van der Waals surface area contributed by atoms with E-state index in [1.165, 1.54) is 56.5 Å². The fourth-order valence-electron chi connectivity index (χ4n) is 2.99. The van der Waals surface area contributed by atoms with Crippen LogP contribution in [-0.4, -0.2) is 39.6 Å². The highest BCUT2D eigenvalue weighted by Gasteiger charge is 2.32. The number of nitrogens with one attached hydrogen (secondary N) is 1. The summed E-state index contributed by atoms with van der Waals surface area (Å²) in [4.78, 5) is 16.2. The van der Waals surface area contributed by atoms with Gasteiger partial charge < -0.3 is 14.2 Å². The molecule has 0 radical (unpaired) electrons. The van der Waals surface area contributed by atoms with Crippen molar-refractivity contribution in [1.82, 2.24) is 9.71 Å². The first-order valence-electron chi connectivity index (χ1n) is 11.0. The molecule has 0 fully saturated rings. The van der Waals surface area contributed by atoms with Crippen LogP contribution in [0.1, 0.15) is 18.1 Å². The molecule has 1 aromatic heterocycles. The SMILES string of the molecule is COCCOc1ccc(C=C(C)C(=O)NS(=O)(=O)c2ccc(Cl)cc2)c(Oc2ncc(C(F)(F)F)cc2Cl)c1. The minimum absolute atomic E-state index is 0.0202. The van der Waals surface area contributed by atoms with E-state index in [2.05, 4.69) is 4.98 Å². The number of carbonyl (C=O) groups excluding carboxylic acids is 1. The van der Waals surface area contributed by atoms with Crippen LogP contribution in [0.25, 0.3) is 6.08 Å². The summed E-state index contributed by atoms with van der Waals surface area (Å²) < 4.78 is 82.3. The van der Waals surface area contributed by atoms with E-state index in [0.29, 0.717) is 23.0 Å². The van der Waals surface area contributed by atoms with Gasteiger partial charge in [0.05, 0.1) is 17.1 Å². The number of hydrogen-bond acceptors (Lipinski definition) is 7. The number of sulfonamides is 1. The Balaban J connectivity index is 1.92. The summed E-state index contributed by atoms with van der Waals surface area (Å²) in [5.41, 5.74) is -0.841. The van der Waals surface area contributed by atoms with Gasteiger partial charge in [0, 0.05) is 35.5 Å². The Labute approximate surface area is 232 Å². The molecule has 1 heterocycles. The van der Waals surface area contributed by atoms with Crippen LogP contribution in [0.4, 0.5) is 13.2 Å². The number of carbonyl (C=O) groups is 1. The molecular weight excluding hydrogens is 584 g/mol.